The number of aromatic nitrogens is 2. The predicted octanol–water partition coefficient (Wildman–Crippen LogP) is 4.01. The maximum Gasteiger partial charge on any atom is 0.273 e. The van der Waals surface area contributed by atoms with Crippen molar-refractivity contribution in [3.8, 4) is 11.4 Å². The molecule has 3 aromatic rings. The highest BCUT2D eigenvalue weighted by Crippen LogP contribution is 2.30. The van der Waals surface area contributed by atoms with Crippen molar-refractivity contribution in [2.45, 2.75) is 26.8 Å². The number of carbonyl (C=O) groups is 1. The average molecular weight is 431 g/mol. The summed E-state index contributed by atoms with van der Waals surface area (Å²) < 4.78 is 0. The van der Waals surface area contributed by atoms with Crippen LogP contribution in [0.1, 0.15) is 34.1 Å². The summed E-state index contributed by atoms with van der Waals surface area (Å²) in [7, 11) is 1.97. The molecule has 1 amide bonds. The Kier molecular flexibility index (Phi) is 5.85. The van der Waals surface area contributed by atoms with Gasteiger partial charge in [-0.05, 0) is 19.9 Å². The molecule has 1 aromatic heterocycles. The Bertz CT molecular complexity index is 1180. The lowest BCUT2D eigenvalue weighted by molar-refractivity contribution is -0.385. The van der Waals surface area contributed by atoms with Gasteiger partial charge < -0.3 is 9.80 Å². The molecule has 0 radical (unpaired) electrons. The Morgan fingerprint density at radius 3 is 2.62 bits per heavy atom. The smallest absolute Gasteiger partial charge is 0.273 e. The fraction of sp³-hybridized carbons (Fsp3) is 0.292. The number of carbonyl (C=O) groups excluding carboxylic acids is 1. The standard InChI is InChI=1S/C24H25N5O3/c1-4-27(3)23-19-15-28(24(30)18-11-10-16(2)21(14-18)29(31)32)13-12-20(19)25-22(26-23)17-8-6-5-7-9-17/h5-11,14H,4,12-13,15H2,1-3H3. The van der Waals surface area contributed by atoms with Gasteiger partial charge in [0.2, 0.25) is 0 Å². The van der Waals surface area contributed by atoms with Gasteiger partial charge in [-0.15, -0.1) is 0 Å². The second-order valence-electron chi connectivity index (χ2n) is 7.91. The molecule has 4 rings (SSSR count). The van der Waals surface area contributed by atoms with E-state index in [0.717, 1.165) is 29.2 Å². The molecular formula is C24H25N5O3. The first kappa shape index (κ1) is 21.4. The lowest BCUT2D eigenvalue weighted by Crippen LogP contribution is -2.38. The van der Waals surface area contributed by atoms with Gasteiger partial charge >= 0.3 is 0 Å². The minimum atomic E-state index is -0.453. The number of anilines is 1. The normalized spacial score (nSPS) is 12.9. The highest BCUT2D eigenvalue weighted by Gasteiger charge is 2.28. The molecule has 0 bridgehead atoms. The van der Waals surface area contributed by atoms with Crippen LogP contribution >= 0.6 is 0 Å². The van der Waals surface area contributed by atoms with E-state index in [2.05, 4.69) is 4.90 Å². The van der Waals surface area contributed by atoms with E-state index in [9.17, 15) is 14.9 Å². The van der Waals surface area contributed by atoms with Gasteiger partial charge in [-0.25, -0.2) is 9.97 Å². The Hall–Kier alpha value is -3.81. The number of rotatable bonds is 5. The molecule has 164 valence electrons. The molecule has 2 heterocycles. The number of hydrogen-bond donors (Lipinski definition) is 0. The third-order valence-corrected chi connectivity index (χ3v) is 5.85. The third kappa shape index (κ3) is 4.03. The van der Waals surface area contributed by atoms with Gasteiger partial charge in [0.15, 0.2) is 5.82 Å². The molecule has 0 aliphatic carbocycles. The number of nitro benzene ring substituents is 1. The molecule has 1 aliphatic heterocycles. The SMILES string of the molecule is CCN(C)c1nc(-c2ccccc2)nc2c1CN(C(=O)c1ccc(C)c([N+](=O)[O-])c1)CC2. The quantitative estimate of drug-likeness (QED) is 0.448. The molecule has 0 fully saturated rings. The summed E-state index contributed by atoms with van der Waals surface area (Å²) in [6.07, 6.45) is 0.599. The zero-order chi connectivity index (χ0) is 22.8. The van der Waals surface area contributed by atoms with Crippen LogP contribution in [0, 0.1) is 17.0 Å². The summed E-state index contributed by atoms with van der Waals surface area (Å²) in [5.74, 6) is 1.26. The number of benzene rings is 2. The van der Waals surface area contributed by atoms with E-state index in [1.54, 1.807) is 24.0 Å². The summed E-state index contributed by atoms with van der Waals surface area (Å²) in [6, 6.07) is 14.5. The van der Waals surface area contributed by atoms with Crippen LogP contribution in [0.3, 0.4) is 0 Å². The van der Waals surface area contributed by atoms with Crippen LogP contribution in [0.4, 0.5) is 11.5 Å². The molecule has 8 nitrogen and oxygen atoms in total. The first-order valence-corrected chi connectivity index (χ1v) is 10.6. The second-order valence-corrected chi connectivity index (χ2v) is 7.91. The van der Waals surface area contributed by atoms with E-state index in [1.165, 1.54) is 6.07 Å². The van der Waals surface area contributed by atoms with Gasteiger partial charge in [-0.1, -0.05) is 36.4 Å². The van der Waals surface area contributed by atoms with Crippen molar-refractivity contribution in [1.29, 1.82) is 0 Å². The molecule has 2 aromatic carbocycles. The van der Waals surface area contributed by atoms with Gasteiger partial charge in [0.05, 0.1) is 17.2 Å². The van der Waals surface area contributed by atoms with E-state index in [-0.39, 0.29) is 11.6 Å². The van der Waals surface area contributed by atoms with Crippen LogP contribution in [0.5, 0.6) is 0 Å². The molecular weight excluding hydrogens is 406 g/mol. The number of hydrogen-bond acceptors (Lipinski definition) is 6. The maximum atomic E-state index is 13.2. The van der Waals surface area contributed by atoms with Crippen molar-refractivity contribution in [3.05, 3.63) is 81.0 Å². The van der Waals surface area contributed by atoms with E-state index in [0.29, 0.717) is 36.5 Å². The topological polar surface area (TPSA) is 92.5 Å². The van der Waals surface area contributed by atoms with E-state index < -0.39 is 4.92 Å². The second kappa shape index (κ2) is 8.74. The lowest BCUT2D eigenvalue weighted by Gasteiger charge is -2.31. The van der Waals surface area contributed by atoms with E-state index in [1.807, 2.05) is 44.3 Å². The molecule has 0 N–H and O–H groups in total. The Labute approximate surface area is 186 Å². The number of aryl methyl sites for hydroxylation is 1. The summed E-state index contributed by atoms with van der Waals surface area (Å²) in [6.45, 7) is 5.33. The number of nitro groups is 1. The number of amides is 1. The average Bonchev–Trinajstić information content (AvgIpc) is 2.82. The van der Waals surface area contributed by atoms with Gasteiger partial charge in [0.25, 0.3) is 11.6 Å². The van der Waals surface area contributed by atoms with Crippen molar-refractivity contribution in [1.82, 2.24) is 14.9 Å². The summed E-state index contributed by atoms with van der Waals surface area (Å²) in [5.41, 5.74) is 3.62. The maximum absolute atomic E-state index is 13.2. The first-order chi connectivity index (χ1) is 15.4. The molecule has 0 unspecified atom stereocenters. The van der Waals surface area contributed by atoms with Crippen molar-refractivity contribution >= 4 is 17.4 Å². The number of nitrogens with zero attached hydrogens (tertiary/aromatic N) is 5. The van der Waals surface area contributed by atoms with Crippen LogP contribution in [0.25, 0.3) is 11.4 Å². The minimum Gasteiger partial charge on any atom is -0.360 e. The van der Waals surface area contributed by atoms with Gasteiger partial charge in [0.1, 0.15) is 5.82 Å². The van der Waals surface area contributed by atoms with Crippen molar-refractivity contribution < 1.29 is 9.72 Å². The van der Waals surface area contributed by atoms with E-state index in [4.69, 9.17) is 9.97 Å². The van der Waals surface area contributed by atoms with Crippen LogP contribution in [-0.2, 0) is 13.0 Å². The minimum absolute atomic E-state index is 0.0458. The summed E-state index contributed by atoms with van der Waals surface area (Å²) in [5, 5.41) is 11.3. The highest BCUT2D eigenvalue weighted by molar-refractivity contribution is 5.95. The molecule has 0 spiro atoms. The van der Waals surface area contributed by atoms with Crippen molar-refractivity contribution in [3.63, 3.8) is 0 Å². The summed E-state index contributed by atoms with van der Waals surface area (Å²) >= 11 is 0. The first-order valence-electron chi connectivity index (χ1n) is 10.6. The largest absolute Gasteiger partial charge is 0.360 e. The monoisotopic (exact) mass is 431 g/mol. The van der Waals surface area contributed by atoms with Crippen LogP contribution in [-0.4, -0.2) is 45.8 Å². The third-order valence-electron chi connectivity index (χ3n) is 5.85. The van der Waals surface area contributed by atoms with E-state index >= 15 is 0 Å². The summed E-state index contributed by atoms with van der Waals surface area (Å²) in [4.78, 5) is 37.4. The lowest BCUT2D eigenvalue weighted by atomic mass is 10.0. The van der Waals surface area contributed by atoms with Crippen molar-refractivity contribution in [2.75, 3.05) is 25.0 Å². The number of fused-ring (bicyclic) bond motifs is 1. The molecule has 0 saturated carbocycles. The Balaban J connectivity index is 1.69. The molecule has 1 aliphatic rings. The highest BCUT2D eigenvalue weighted by atomic mass is 16.6. The molecule has 8 heteroatoms. The van der Waals surface area contributed by atoms with Gasteiger partial charge in [0, 0.05) is 54.9 Å². The molecule has 0 saturated heterocycles. The fourth-order valence-electron chi connectivity index (χ4n) is 3.87. The van der Waals surface area contributed by atoms with Gasteiger partial charge in [-0.2, -0.15) is 0 Å². The fourth-order valence-corrected chi connectivity index (χ4v) is 3.87. The zero-order valence-corrected chi connectivity index (χ0v) is 18.4. The Morgan fingerprint density at radius 1 is 1.19 bits per heavy atom. The zero-order valence-electron chi connectivity index (χ0n) is 18.4. The molecule has 32 heavy (non-hydrogen) atoms. The van der Waals surface area contributed by atoms with Crippen molar-refractivity contribution in [2.24, 2.45) is 0 Å². The van der Waals surface area contributed by atoms with Gasteiger partial charge in [-0.3, -0.25) is 14.9 Å². The molecule has 0 atom stereocenters. The van der Waals surface area contributed by atoms with Crippen LogP contribution in [0.2, 0.25) is 0 Å². The van der Waals surface area contributed by atoms with Crippen LogP contribution < -0.4 is 4.90 Å². The Morgan fingerprint density at radius 2 is 1.94 bits per heavy atom. The van der Waals surface area contributed by atoms with Crippen LogP contribution in [0.15, 0.2) is 48.5 Å². The predicted molar refractivity (Wildman–Crippen MR) is 123 cm³/mol.